The zero-order valence-electron chi connectivity index (χ0n) is 16.1. The standard InChI is InChI=1S/C23H23FN4O/c24-21-10-8-18(9-11-21)20-14-26-23(27-15-20)28-12-4-7-19(16-28)22(29)25-13-17-5-2-1-3-6-17/h1-3,5-6,8-11,14-15,19H,4,7,12-13,16H2,(H,25,29)/t19-/m1/s1. The summed E-state index contributed by atoms with van der Waals surface area (Å²) >= 11 is 0. The van der Waals surface area contributed by atoms with Crippen molar-refractivity contribution in [2.75, 3.05) is 18.0 Å². The Kier molecular flexibility index (Phi) is 5.79. The molecule has 0 bridgehead atoms. The van der Waals surface area contributed by atoms with E-state index in [1.807, 2.05) is 30.3 Å². The number of carbonyl (C=O) groups excluding carboxylic acids is 1. The topological polar surface area (TPSA) is 58.1 Å². The fourth-order valence-electron chi connectivity index (χ4n) is 3.58. The number of carbonyl (C=O) groups is 1. The van der Waals surface area contributed by atoms with E-state index in [4.69, 9.17) is 0 Å². The van der Waals surface area contributed by atoms with Gasteiger partial charge in [-0.05, 0) is 36.1 Å². The summed E-state index contributed by atoms with van der Waals surface area (Å²) in [5.74, 6) is 0.349. The molecule has 0 aliphatic carbocycles. The van der Waals surface area contributed by atoms with Gasteiger partial charge in [0, 0.05) is 37.6 Å². The third kappa shape index (κ3) is 4.77. The third-order valence-corrected chi connectivity index (χ3v) is 5.20. The van der Waals surface area contributed by atoms with E-state index in [1.54, 1.807) is 24.5 Å². The van der Waals surface area contributed by atoms with Gasteiger partial charge in [-0.2, -0.15) is 0 Å². The first-order chi connectivity index (χ1) is 14.2. The Morgan fingerprint density at radius 3 is 2.48 bits per heavy atom. The van der Waals surface area contributed by atoms with Gasteiger partial charge in [-0.3, -0.25) is 4.79 Å². The summed E-state index contributed by atoms with van der Waals surface area (Å²) in [6, 6.07) is 16.2. The van der Waals surface area contributed by atoms with E-state index in [2.05, 4.69) is 20.2 Å². The zero-order valence-corrected chi connectivity index (χ0v) is 16.1. The van der Waals surface area contributed by atoms with Gasteiger partial charge in [0.1, 0.15) is 5.82 Å². The van der Waals surface area contributed by atoms with Crippen LogP contribution in [0.2, 0.25) is 0 Å². The van der Waals surface area contributed by atoms with Crippen LogP contribution in [-0.4, -0.2) is 29.0 Å². The molecule has 6 heteroatoms. The van der Waals surface area contributed by atoms with Crippen molar-refractivity contribution in [3.63, 3.8) is 0 Å². The Balaban J connectivity index is 1.37. The Hall–Kier alpha value is -3.28. The van der Waals surface area contributed by atoms with Gasteiger partial charge in [-0.15, -0.1) is 0 Å². The first-order valence-corrected chi connectivity index (χ1v) is 9.83. The summed E-state index contributed by atoms with van der Waals surface area (Å²) < 4.78 is 13.1. The van der Waals surface area contributed by atoms with Crippen molar-refractivity contribution in [1.82, 2.24) is 15.3 Å². The molecule has 1 aromatic heterocycles. The van der Waals surface area contributed by atoms with Crippen LogP contribution < -0.4 is 10.2 Å². The molecule has 3 aromatic rings. The molecule has 0 radical (unpaired) electrons. The van der Waals surface area contributed by atoms with Crippen LogP contribution in [0.4, 0.5) is 10.3 Å². The van der Waals surface area contributed by atoms with Crippen LogP contribution in [0.3, 0.4) is 0 Å². The van der Waals surface area contributed by atoms with Crippen LogP contribution >= 0.6 is 0 Å². The van der Waals surface area contributed by atoms with Crippen molar-refractivity contribution in [2.24, 2.45) is 5.92 Å². The quantitative estimate of drug-likeness (QED) is 0.720. The molecule has 0 unspecified atom stereocenters. The molecule has 1 amide bonds. The van der Waals surface area contributed by atoms with Gasteiger partial charge < -0.3 is 10.2 Å². The highest BCUT2D eigenvalue weighted by Crippen LogP contribution is 2.23. The number of amides is 1. The molecule has 1 N–H and O–H groups in total. The monoisotopic (exact) mass is 390 g/mol. The lowest BCUT2D eigenvalue weighted by Gasteiger charge is -2.32. The Bertz CT molecular complexity index is 945. The van der Waals surface area contributed by atoms with Gasteiger partial charge in [0.15, 0.2) is 0 Å². The van der Waals surface area contributed by atoms with Crippen molar-refractivity contribution in [3.05, 3.63) is 78.4 Å². The van der Waals surface area contributed by atoms with Crippen molar-refractivity contribution in [1.29, 1.82) is 0 Å². The molecule has 0 spiro atoms. The second-order valence-corrected chi connectivity index (χ2v) is 7.27. The van der Waals surface area contributed by atoms with Gasteiger partial charge in [0.05, 0.1) is 5.92 Å². The molecule has 1 fully saturated rings. The zero-order chi connectivity index (χ0) is 20.1. The summed E-state index contributed by atoms with van der Waals surface area (Å²) in [4.78, 5) is 23.6. The van der Waals surface area contributed by atoms with Gasteiger partial charge >= 0.3 is 0 Å². The van der Waals surface area contributed by atoms with E-state index >= 15 is 0 Å². The number of halogens is 1. The first-order valence-electron chi connectivity index (χ1n) is 9.83. The van der Waals surface area contributed by atoms with E-state index in [-0.39, 0.29) is 17.6 Å². The van der Waals surface area contributed by atoms with E-state index in [1.165, 1.54) is 12.1 Å². The van der Waals surface area contributed by atoms with Crippen molar-refractivity contribution in [3.8, 4) is 11.1 Å². The highest BCUT2D eigenvalue weighted by molar-refractivity contribution is 5.79. The number of benzene rings is 2. The predicted molar refractivity (Wildman–Crippen MR) is 111 cm³/mol. The van der Waals surface area contributed by atoms with Crippen molar-refractivity contribution in [2.45, 2.75) is 19.4 Å². The number of piperidine rings is 1. The lowest BCUT2D eigenvalue weighted by Crippen LogP contribution is -2.43. The maximum Gasteiger partial charge on any atom is 0.225 e. The molecule has 5 nitrogen and oxygen atoms in total. The van der Waals surface area contributed by atoms with Crippen LogP contribution in [0.5, 0.6) is 0 Å². The number of nitrogens with one attached hydrogen (secondary N) is 1. The van der Waals surface area contributed by atoms with E-state index in [0.29, 0.717) is 19.0 Å². The summed E-state index contributed by atoms with van der Waals surface area (Å²) in [7, 11) is 0. The molecule has 1 atom stereocenters. The summed E-state index contributed by atoms with van der Waals surface area (Å²) in [5, 5.41) is 3.04. The van der Waals surface area contributed by atoms with Gasteiger partial charge in [0.25, 0.3) is 0 Å². The second-order valence-electron chi connectivity index (χ2n) is 7.27. The van der Waals surface area contributed by atoms with E-state index < -0.39 is 0 Å². The molecule has 1 aliphatic rings. The Morgan fingerprint density at radius 2 is 1.76 bits per heavy atom. The molecule has 2 aromatic carbocycles. The first kappa shape index (κ1) is 19.1. The van der Waals surface area contributed by atoms with Gasteiger partial charge in [-0.25, -0.2) is 14.4 Å². The van der Waals surface area contributed by atoms with Gasteiger partial charge in [0.2, 0.25) is 11.9 Å². The van der Waals surface area contributed by atoms with Crippen LogP contribution in [0.1, 0.15) is 18.4 Å². The summed E-state index contributed by atoms with van der Waals surface area (Å²) in [6.07, 6.45) is 5.28. The highest BCUT2D eigenvalue weighted by atomic mass is 19.1. The van der Waals surface area contributed by atoms with Crippen LogP contribution in [0.25, 0.3) is 11.1 Å². The largest absolute Gasteiger partial charge is 0.352 e. The predicted octanol–water partition coefficient (Wildman–Crippen LogP) is 3.82. The van der Waals surface area contributed by atoms with E-state index in [9.17, 15) is 9.18 Å². The fraction of sp³-hybridized carbons (Fsp3) is 0.261. The smallest absolute Gasteiger partial charge is 0.225 e. The fourth-order valence-corrected chi connectivity index (χ4v) is 3.58. The average molecular weight is 390 g/mol. The molecule has 2 heterocycles. The molecular formula is C23H23FN4O. The minimum Gasteiger partial charge on any atom is -0.352 e. The third-order valence-electron chi connectivity index (χ3n) is 5.20. The van der Waals surface area contributed by atoms with Crippen molar-refractivity contribution >= 4 is 11.9 Å². The SMILES string of the molecule is O=C(NCc1ccccc1)[C@@H]1CCCN(c2ncc(-c3ccc(F)cc3)cn2)C1. The second kappa shape index (κ2) is 8.82. The number of nitrogens with zero attached hydrogens (tertiary/aromatic N) is 3. The number of aromatic nitrogens is 2. The molecule has 1 aliphatic heterocycles. The summed E-state index contributed by atoms with van der Waals surface area (Å²) in [5.41, 5.74) is 2.80. The number of rotatable bonds is 5. The maximum absolute atomic E-state index is 13.1. The maximum atomic E-state index is 13.1. The minimum absolute atomic E-state index is 0.0708. The summed E-state index contributed by atoms with van der Waals surface area (Å²) in [6.45, 7) is 1.98. The average Bonchev–Trinajstić information content (AvgIpc) is 2.79. The molecule has 148 valence electrons. The Morgan fingerprint density at radius 1 is 1.03 bits per heavy atom. The molecule has 4 rings (SSSR count). The van der Waals surface area contributed by atoms with Crippen LogP contribution in [0.15, 0.2) is 67.0 Å². The molecule has 29 heavy (non-hydrogen) atoms. The molecule has 1 saturated heterocycles. The lowest BCUT2D eigenvalue weighted by molar-refractivity contribution is -0.125. The number of anilines is 1. The molecule has 0 saturated carbocycles. The van der Waals surface area contributed by atoms with E-state index in [0.717, 1.165) is 36.1 Å². The normalized spacial score (nSPS) is 16.4. The van der Waals surface area contributed by atoms with Crippen LogP contribution in [-0.2, 0) is 11.3 Å². The van der Waals surface area contributed by atoms with Crippen molar-refractivity contribution < 1.29 is 9.18 Å². The number of hydrogen-bond donors (Lipinski definition) is 1. The van der Waals surface area contributed by atoms with Gasteiger partial charge in [-0.1, -0.05) is 42.5 Å². The Labute approximate surface area is 169 Å². The minimum atomic E-state index is -0.267. The lowest BCUT2D eigenvalue weighted by atomic mass is 9.97. The molecular weight excluding hydrogens is 367 g/mol. The van der Waals surface area contributed by atoms with Crippen LogP contribution in [0, 0.1) is 11.7 Å². The number of hydrogen-bond acceptors (Lipinski definition) is 4. The highest BCUT2D eigenvalue weighted by Gasteiger charge is 2.27.